The molecule has 94 valence electrons. The minimum absolute atomic E-state index is 0.642. The van der Waals surface area contributed by atoms with Gasteiger partial charge in [-0.15, -0.1) is 11.3 Å². The zero-order valence-electron chi connectivity index (χ0n) is 9.78. The number of nitrogens with zero attached hydrogens (tertiary/aromatic N) is 1. The van der Waals surface area contributed by atoms with Gasteiger partial charge in [0.25, 0.3) is 0 Å². The number of carboxylic acid groups (broad SMARTS) is 1. The summed E-state index contributed by atoms with van der Waals surface area (Å²) in [5.41, 5.74) is -0.642. The van der Waals surface area contributed by atoms with Gasteiger partial charge in [-0.25, -0.2) is 0 Å². The lowest BCUT2D eigenvalue weighted by Crippen LogP contribution is -2.49. The third-order valence-electron chi connectivity index (χ3n) is 3.58. The summed E-state index contributed by atoms with van der Waals surface area (Å²) in [6, 6.07) is 4.08. The molecule has 3 nitrogen and oxygen atoms in total. The molecule has 1 aliphatic heterocycles. The van der Waals surface area contributed by atoms with E-state index in [1.807, 2.05) is 13.0 Å². The Morgan fingerprint density at radius 1 is 1.65 bits per heavy atom. The van der Waals surface area contributed by atoms with Crippen molar-refractivity contribution in [3.8, 4) is 0 Å². The van der Waals surface area contributed by atoms with Crippen molar-refractivity contribution in [1.29, 1.82) is 0 Å². The Hall–Kier alpha value is -0.390. The molecular formula is C12H16BrNO2S. The van der Waals surface area contributed by atoms with E-state index in [9.17, 15) is 9.90 Å². The maximum atomic E-state index is 11.5. The lowest BCUT2D eigenvalue weighted by atomic mass is 9.93. The number of likely N-dealkylation sites (tertiary alicyclic amines) is 1. The monoisotopic (exact) mass is 317 g/mol. The standard InChI is InChI=1S/C12H16BrNO2S/c1-2-12(11(15)16)6-3-7-14(12)8-9-4-5-10(13)17-9/h4-5H,2-3,6-8H2,1H3,(H,15,16). The molecule has 5 heteroatoms. The van der Waals surface area contributed by atoms with Gasteiger partial charge in [0, 0.05) is 11.4 Å². The molecular weight excluding hydrogens is 302 g/mol. The highest BCUT2D eigenvalue weighted by molar-refractivity contribution is 9.11. The van der Waals surface area contributed by atoms with Crippen LogP contribution >= 0.6 is 27.3 Å². The van der Waals surface area contributed by atoms with Gasteiger partial charge in [-0.3, -0.25) is 9.69 Å². The Labute approximate surface area is 114 Å². The van der Waals surface area contributed by atoms with Crippen LogP contribution in [0.25, 0.3) is 0 Å². The average Bonchev–Trinajstić information content (AvgIpc) is 2.86. The summed E-state index contributed by atoms with van der Waals surface area (Å²) in [7, 11) is 0. The highest BCUT2D eigenvalue weighted by atomic mass is 79.9. The van der Waals surface area contributed by atoms with Crippen LogP contribution in [0.5, 0.6) is 0 Å². The number of thiophene rings is 1. The normalized spacial score (nSPS) is 25.3. The summed E-state index contributed by atoms with van der Waals surface area (Å²) in [6.45, 7) is 3.60. The number of carboxylic acids is 1. The fourth-order valence-electron chi connectivity index (χ4n) is 2.58. The Balaban J connectivity index is 2.17. The Bertz CT molecular complexity index is 420. The van der Waals surface area contributed by atoms with Gasteiger partial charge < -0.3 is 5.11 Å². The fourth-order valence-corrected chi connectivity index (χ4v) is 4.08. The van der Waals surface area contributed by atoms with Crippen molar-refractivity contribution in [2.75, 3.05) is 6.54 Å². The predicted molar refractivity (Wildman–Crippen MR) is 72.3 cm³/mol. The quantitative estimate of drug-likeness (QED) is 0.926. The van der Waals surface area contributed by atoms with Gasteiger partial charge in [0.05, 0.1) is 3.79 Å². The molecule has 1 unspecified atom stereocenters. The predicted octanol–water partition coefficient (Wildman–Crippen LogP) is 3.34. The van der Waals surface area contributed by atoms with Crippen molar-refractivity contribution in [2.45, 2.75) is 38.3 Å². The summed E-state index contributed by atoms with van der Waals surface area (Å²) >= 11 is 5.12. The van der Waals surface area contributed by atoms with Crippen LogP contribution in [0.2, 0.25) is 0 Å². The minimum Gasteiger partial charge on any atom is -0.480 e. The van der Waals surface area contributed by atoms with E-state index < -0.39 is 11.5 Å². The first-order valence-electron chi connectivity index (χ1n) is 5.81. The first kappa shape index (κ1) is 13.1. The van der Waals surface area contributed by atoms with Gasteiger partial charge in [-0.1, -0.05) is 6.92 Å². The van der Waals surface area contributed by atoms with Gasteiger partial charge in [-0.2, -0.15) is 0 Å². The van der Waals surface area contributed by atoms with Crippen LogP contribution in [-0.2, 0) is 11.3 Å². The van der Waals surface area contributed by atoms with E-state index >= 15 is 0 Å². The third-order valence-corrected chi connectivity index (χ3v) is 5.19. The average molecular weight is 318 g/mol. The molecule has 0 radical (unpaired) electrons. The molecule has 1 aliphatic rings. The van der Waals surface area contributed by atoms with E-state index in [-0.39, 0.29) is 0 Å². The van der Waals surface area contributed by atoms with Crippen molar-refractivity contribution in [3.63, 3.8) is 0 Å². The molecule has 2 heterocycles. The van der Waals surface area contributed by atoms with Crippen LogP contribution in [0.1, 0.15) is 31.1 Å². The summed E-state index contributed by atoms with van der Waals surface area (Å²) in [4.78, 5) is 14.9. The molecule has 0 aromatic carbocycles. The topological polar surface area (TPSA) is 40.5 Å². The van der Waals surface area contributed by atoms with E-state index in [2.05, 4.69) is 26.9 Å². The van der Waals surface area contributed by atoms with Gasteiger partial charge in [0.15, 0.2) is 0 Å². The van der Waals surface area contributed by atoms with Crippen LogP contribution in [0.3, 0.4) is 0 Å². The van der Waals surface area contributed by atoms with Gasteiger partial charge in [0.2, 0.25) is 0 Å². The van der Waals surface area contributed by atoms with Crippen molar-refractivity contribution in [2.24, 2.45) is 0 Å². The molecule has 0 spiro atoms. The Morgan fingerprint density at radius 2 is 2.41 bits per heavy atom. The minimum atomic E-state index is -0.673. The number of rotatable bonds is 4. The fraction of sp³-hybridized carbons (Fsp3) is 0.583. The molecule has 1 aromatic heterocycles. The van der Waals surface area contributed by atoms with Crippen LogP contribution in [0.4, 0.5) is 0 Å². The molecule has 0 bridgehead atoms. The molecule has 0 aliphatic carbocycles. The number of halogens is 1. The van der Waals surface area contributed by atoms with E-state index in [0.717, 1.165) is 29.7 Å². The van der Waals surface area contributed by atoms with Gasteiger partial charge in [0.1, 0.15) is 5.54 Å². The second-order valence-corrected chi connectivity index (χ2v) is 6.97. The van der Waals surface area contributed by atoms with Crippen molar-refractivity contribution in [3.05, 3.63) is 20.8 Å². The number of hydrogen-bond donors (Lipinski definition) is 1. The van der Waals surface area contributed by atoms with Gasteiger partial charge in [-0.05, 0) is 53.9 Å². The molecule has 2 rings (SSSR count). The zero-order chi connectivity index (χ0) is 12.5. The lowest BCUT2D eigenvalue weighted by molar-refractivity contribution is -0.150. The SMILES string of the molecule is CCC1(C(=O)O)CCCN1Cc1ccc(Br)s1. The number of aliphatic carboxylic acids is 1. The van der Waals surface area contributed by atoms with E-state index in [1.165, 1.54) is 4.88 Å². The second-order valence-electron chi connectivity index (χ2n) is 4.42. The molecule has 0 amide bonds. The summed E-state index contributed by atoms with van der Waals surface area (Å²) in [6.07, 6.45) is 2.42. The molecule has 17 heavy (non-hydrogen) atoms. The first-order chi connectivity index (χ1) is 8.08. The third kappa shape index (κ3) is 2.41. The summed E-state index contributed by atoms with van der Waals surface area (Å²) < 4.78 is 1.10. The largest absolute Gasteiger partial charge is 0.480 e. The molecule has 1 aromatic rings. The smallest absolute Gasteiger partial charge is 0.324 e. The van der Waals surface area contributed by atoms with Crippen LogP contribution < -0.4 is 0 Å². The molecule has 0 saturated carbocycles. The Morgan fingerprint density at radius 3 is 2.94 bits per heavy atom. The highest BCUT2D eigenvalue weighted by Gasteiger charge is 2.45. The number of carbonyl (C=O) groups is 1. The first-order valence-corrected chi connectivity index (χ1v) is 7.42. The van der Waals surface area contributed by atoms with E-state index in [0.29, 0.717) is 6.42 Å². The lowest BCUT2D eigenvalue weighted by Gasteiger charge is -2.33. The van der Waals surface area contributed by atoms with Crippen LogP contribution in [0, 0.1) is 0 Å². The maximum absolute atomic E-state index is 11.5. The molecule has 1 fully saturated rings. The van der Waals surface area contributed by atoms with E-state index in [1.54, 1.807) is 11.3 Å². The maximum Gasteiger partial charge on any atom is 0.324 e. The van der Waals surface area contributed by atoms with Crippen LogP contribution in [-0.4, -0.2) is 28.1 Å². The highest BCUT2D eigenvalue weighted by Crippen LogP contribution is 2.35. The van der Waals surface area contributed by atoms with Gasteiger partial charge >= 0.3 is 5.97 Å². The van der Waals surface area contributed by atoms with E-state index in [4.69, 9.17) is 0 Å². The Kier molecular flexibility index (Phi) is 3.90. The number of hydrogen-bond acceptors (Lipinski definition) is 3. The van der Waals surface area contributed by atoms with Crippen molar-refractivity contribution in [1.82, 2.24) is 4.90 Å². The summed E-state index contributed by atoms with van der Waals surface area (Å²) in [5.74, 6) is -0.673. The molecule has 1 saturated heterocycles. The second kappa shape index (κ2) is 5.08. The zero-order valence-corrected chi connectivity index (χ0v) is 12.2. The van der Waals surface area contributed by atoms with Crippen molar-refractivity contribution >= 4 is 33.2 Å². The van der Waals surface area contributed by atoms with Crippen molar-refractivity contribution < 1.29 is 9.90 Å². The molecule has 1 atom stereocenters. The molecule has 1 N–H and O–H groups in total. The summed E-state index contributed by atoms with van der Waals surface area (Å²) in [5, 5.41) is 9.47. The van der Waals surface area contributed by atoms with Crippen LogP contribution in [0.15, 0.2) is 15.9 Å².